The maximum absolute atomic E-state index is 13.8. The van der Waals surface area contributed by atoms with Crippen molar-refractivity contribution in [2.45, 2.75) is 44.2 Å². The molecule has 0 aromatic heterocycles. The van der Waals surface area contributed by atoms with Crippen molar-refractivity contribution in [2.75, 3.05) is 17.4 Å². The fourth-order valence-corrected chi connectivity index (χ4v) is 5.52. The molecule has 0 fully saturated rings. The molecule has 0 aliphatic heterocycles. The lowest BCUT2D eigenvalue weighted by Crippen LogP contribution is -2.51. The summed E-state index contributed by atoms with van der Waals surface area (Å²) in [5.41, 5.74) is 0.750. The Hall–Kier alpha value is -3.14. The minimum Gasteiger partial charge on any atom is -0.354 e. The molecule has 208 valence electrons. The molecule has 7 nitrogen and oxygen atoms in total. The summed E-state index contributed by atoms with van der Waals surface area (Å²) in [6.45, 7) is 3.36. The summed E-state index contributed by atoms with van der Waals surface area (Å²) in [6, 6.07) is 16.3. The highest BCUT2D eigenvalue weighted by Crippen LogP contribution is 2.27. The van der Waals surface area contributed by atoms with Crippen LogP contribution in [0.3, 0.4) is 0 Å². The molecule has 11 heteroatoms. The SMILES string of the molecule is CCCCNC(=O)C(C)N(Cc1ccc(F)cc1)C(=O)CN(c1cccc(Cl)c1)S(=O)(=O)c1ccc(Cl)cc1. The lowest BCUT2D eigenvalue weighted by Gasteiger charge is -2.32. The Balaban J connectivity index is 1.99. The first-order chi connectivity index (χ1) is 18.5. The number of unbranched alkanes of at least 4 members (excludes halogenated alkanes) is 1. The van der Waals surface area contributed by atoms with Gasteiger partial charge in [-0.1, -0.05) is 54.7 Å². The van der Waals surface area contributed by atoms with E-state index in [-0.39, 0.29) is 28.1 Å². The van der Waals surface area contributed by atoms with Crippen LogP contribution in [-0.4, -0.2) is 44.3 Å². The smallest absolute Gasteiger partial charge is 0.264 e. The number of hydrogen-bond acceptors (Lipinski definition) is 4. The molecule has 0 spiro atoms. The highest BCUT2D eigenvalue weighted by Gasteiger charge is 2.32. The fraction of sp³-hybridized carbons (Fsp3) is 0.286. The highest BCUT2D eigenvalue weighted by atomic mass is 35.5. The highest BCUT2D eigenvalue weighted by molar-refractivity contribution is 7.92. The zero-order valence-corrected chi connectivity index (χ0v) is 23.9. The third-order valence-corrected chi connectivity index (χ3v) is 8.31. The molecule has 0 aliphatic rings. The van der Waals surface area contributed by atoms with Crippen LogP contribution in [0.5, 0.6) is 0 Å². The van der Waals surface area contributed by atoms with Crippen molar-refractivity contribution in [1.29, 1.82) is 0 Å². The Labute approximate surface area is 238 Å². The number of carbonyl (C=O) groups excluding carboxylic acids is 2. The number of sulfonamides is 1. The molecule has 1 N–H and O–H groups in total. The Kier molecular flexibility index (Phi) is 10.7. The second-order valence-electron chi connectivity index (χ2n) is 8.91. The molecule has 1 atom stereocenters. The summed E-state index contributed by atoms with van der Waals surface area (Å²) in [6.07, 6.45) is 1.65. The number of nitrogens with zero attached hydrogens (tertiary/aromatic N) is 2. The number of benzene rings is 3. The molecule has 0 saturated heterocycles. The second kappa shape index (κ2) is 13.8. The van der Waals surface area contributed by atoms with Crippen LogP contribution in [0.25, 0.3) is 0 Å². The largest absolute Gasteiger partial charge is 0.354 e. The van der Waals surface area contributed by atoms with Crippen molar-refractivity contribution < 1.29 is 22.4 Å². The van der Waals surface area contributed by atoms with Crippen molar-refractivity contribution >= 4 is 50.7 Å². The maximum Gasteiger partial charge on any atom is 0.264 e. The fourth-order valence-electron chi connectivity index (χ4n) is 3.80. The second-order valence-corrected chi connectivity index (χ2v) is 11.6. The van der Waals surface area contributed by atoms with Crippen molar-refractivity contribution in [3.8, 4) is 0 Å². The molecule has 1 unspecified atom stereocenters. The average Bonchev–Trinajstić information content (AvgIpc) is 2.91. The number of amides is 2. The molecule has 0 heterocycles. The summed E-state index contributed by atoms with van der Waals surface area (Å²) in [4.78, 5) is 27.9. The predicted octanol–water partition coefficient (Wildman–Crippen LogP) is 5.66. The average molecular weight is 595 g/mol. The van der Waals surface area contributed by atoms with E-state index in [1.54, 1.807) is 19.1 Å². The van der Waals surface area contributed by atoms with Gasteiger partial charge in [-0.25, -0.2) is 12.8 Å². The van der Waals surface area contributed by atoms with Crippen molar-refractivity contribution in [3.05, 3.63) is 94.2 Å². The van der Waals surface area contributed by atoms with Gasteiger partial charge in [-0.15, -0.1) is 0 Å². The minimum atomic E-state index is -4.24. The molecule has 2 amide bonds. The predicted molar refractivity (Wildman–Crippen MR) is 152 cm³/mol. The Bertz CT molecular complexity index is 1390. The molecule has 3 rings (SSSR count). The Morgan fingerprint density at radius 3 is 2.26 bits per heavy atom. The first-order valence-electron chi connectivity index (χ1n) is 12.4. The molecule has 0 bridgehead atoms. The van der Waals surface area contributed by atoms with Crippen molar-refractivity contribution in [2.24, 2.45) is 0 Å². The maximum atomic E-state index is 13.8. The van der Waals surface area contributed by atoms with E-state index in [9.17, 15) is 22.4 Å². The van der Waals surface area contributed by atoms with Gasteiger partial charge in [0, 0.05) is 23.1 Å². The molecular weight excluding hydrogens is 564 g/mol. The van der Waals surface area contributed by atoms with E-state index in [0.29, 0.717) is 17.1 Å². The van der Waals surface area contributed by atoms with Gasteiger partial charge in [-0.3, -0.25) is 13.9 Å². The summed E-state index contributed by atoms with van der Waals surface area (Å²) < 4.78 is 41.9. The first kappa shape index (κ1) is 30.4. The lowest BCUT2D eigenvalue weighted by molar-refractivity contribution is -0.139. The van der Waals surface area contributed by atoms with Gasteiger partial charge in [-0.2, -0.15) is 0 Å². The van der Waals surface area contributed by atoms with Crippen LogP contribution in [0, 0.1) is 5.82 Å². The summed E-state index contributed by atoms with van der Waals surface area (Å²) in [5, 5.41) is 3.45. The molecule has 0 aliphatic carbocycles. The van der Waals surface area contributed by atoms with E-state index < -0.39 is 34.3 Å². The normalized spacial score (nSPS) is 12.0. The molecule has 3 aromatic carbocycles. The summed E-state index contributed by atoms with van der Waals surface area (Å²) in [5.74, 6) is -1.45. The van der Waals surface area contributed by atoms with E-state index in [4.69, 9.17) is 23.2 Å². The van der Waals surface area contributed by atoms with Gasteiger partial charge in [-0.05, 0) is 73.5 Å². The van der Waals surface area contributed by atoms with Crippen molar-refractivity contribution in [3.63, 3.8) is 0 Å². The van der Waals surface area contributed by atoms with Gasteiger partial charge in [0.15, 0.2) is 0 Å². The topological polar surface area (TPSA) is 86.8 Å². The standard InChI is InChI=1S/C28H30Cl2FN3O4S/c1-3-4-16-32-28(36)20(2)33(18-21-8-12-24(31)13-9-21)27(35)19-34(25-7-5-6-23(30)17-25)39(37,38)26-14-10-22(29)11-15-26/h5-15,17,20H,3-4,16,18-19H2,1-2H3,(H,32,36). The quantitative estimate of drug-likeness (QED) is 0.274. The molecule has 3 aromatic rings. The Morgan fingerprint density at radius 2 is 1.64 bits per heavy atom. The van der Waals surface area contributed by atoms with Gasteiger partial charge in [0.2, 0.25) is 11.8 Å². The number of hydrogen-bond donors (Lipinski definition) is 1. The lowest BCUT2D eigenvalue weighted by atomic mass is 10.1. The monoisotopic (exact) mass is 593 g/mol. The zero-order valence-electron chi connectivity index (χ0n) is 21.6. The van der Waals surface area contributed by atoms with Gasteiger partial charge in [0.05, 0.1) is 10.6 Å². The van der Waals surface area contributed by atoms with Crippen molar-refractivity contribution in [1.82, 2.24) is 10.2 Å². The summed E-state index contributed by atoms with van der Waals surface area (Å²) >= 11 is 12.1. The molecule has 39 heavy (non-hydrogen) atoms. The zero-order chi connectivity index (χ0) is 28.6. The van der Waals surface area contributed by atoms with Crippen LogP contribution < -0.4 is 9.62 Å². The van der Waals surface area contributed by atoms with Crippen LogP contribution in [0.15, 0.2) is 77.7 Å². The van der Waals surface area contributed by atoms with Crippen LogP contribution >= 0.6 is 23.2 Å². The third-order valence-electron chi connectivity index (χ3n) is 6.04. The number of halogens is 3. The third kappa shape index (κ3) is 8.17. The number of carbonyl (C=O) groups is 2. The number of anilines is 1. The van der Waals surface area contributed by atoms with Crippen LogP contribution in [0.1, 0.15) is 32.3 Å². The van der Waals surface area contributed by atoms with Gasteiger partial charge < -0.3 is 10.2 Å². The molecule has 0 radical (unpaired) electrons. The Morgan fingerprint density at radius 1 is 0.974 bits per heavy atom. The molecule has 0 saturated carbocycles. The van der Waals surface area contributed by atoms with E-state index in [0.717, 1.165) is 17.1 Å². The van der Waals surface area contributed by atoms with E-state index in [1.807, 2.05) is 6.92 Å². The number of rotatable bonds is 12. The summed E-state index contributed by atoms with van der Waals surface area (Å²) in [7, 11) is -4.24. The van der Waals surface area contributed by atoms with Gasteiger partial charge in [0.25, 0.3) is 10.0 Å². The molecular formula is C28H30Cl2FN3O4S. The van der Waals surface area contributed by atoms with Gasteiger partial charge in [0.1, 0.15) is 18.4 Å². The van der Waals surface area contributed by atoms with E-state index in [2.05, 4.69) is 5.32 Å². The van der Waals surface area contributed by atoms with E-state index in [1.165, 1.54) is 65.6 Å². The van der Waals surface area contributed by atoms with Crippen LogP contribution in [0.4, 0.5) is 10.1 Å². The number of nitrogens with one attached hydrogen (secondary N) is 1. The van der Waals surface area contributed by atoms with E-state index >= 15 is 0 Å². The first-order valence-corrected chi connectivity index (χ1v) is 14.6. The van der Waals surface area contributed by atoms with Crippen LogP contribution in [0.2, 0.25) is 10.0 Å². The minimum absolute atomic E-state index is 0.0359. The van der Waals surface area contributed by atoms with Gasteiger partial charge >= 0.3 is 0 Å². The van der Waals surface area contributed by atoms with Crippen LogP contribution in [-0.2, 0) is 26.2 Å².